The van der Waals surface area contributed by atoms with Crippen LogP contribution in [0.3, 0.4) is 0 Å². The lowest BCUT2D eigenvalue weighted by atomic mass is 10.0. The highest BCUT2D eigenvalue weighted by atomic mass is 16.5. The third-order valence-corrected chi connectivity index (χ3v) is 3.51. The number of rotatable bonds is 4. The van der Waals surface area contributed by atoms with E-state index < -0.39 is 18.0 Å². The van der Waals surface area contributed by atoms with Crippen LogP contribution < -0.4 is 5.32 Å². The van der Waals surface area contributed by atoms with Crippen molar-refractivity contribution < 1.29 is 24.2 Å². The molecule has 2 rings (SSSR count). The molecule has 23 heavy (non-hydrogen) atoms. The first-order chi connectivity index (χ1) is 11.0. The molecule has 1 aromatic rings. The molecule has 1 heterocycles. The minimum absolute atomic E-state index is 0.0410. The third kappa shape index (κ3) is 3.64. The second-order valence-corrected chi connectivity index (χ2v) is 5.24. The van der Waals surface area contributed by atoms with Gasteiger partial charge in [-0.3, -0.25) is 0 Å². The molecule has 1 aliphatic rings. The summed E-state index contributed by atoms with van der Waals surface area (Å²) in [4.78, 5) is 24.3. The summed E-state index contributed by atoms with van der Waals surface area (Å²) in [6, 6.07) is 4.65. The number of aliphatic hydroxyl groups is 1. The van der Waals surface area contributed by atoms with Gasteiger partial charge in [-0.25, -0.2) is 9.59 Å². The number of aryl methyl sites for hydroxylation is 1. The molecular weight excluding hydrogens is 298 g/mol. The van der Waals surface area contributed by atoms with E-state index in [-0.39, 0.29) is 31.0 Å². The number of fused-ring (bicyclic) bond motifs is 1. The van der Waals surface area contributed by atoms with Crippen LogP contribution >= 0.6 is 0 Å². The van der Waals surface area contributed by atoms with Gasteiger partial charge in [-0.05, 0) is 32.9 Å². The fourth-order valence-corrected chi connectivity index (χ4v) is 2.50. The number of aliphatic hydroxyl groups excluding tert-OH is 1. The first kappa shape index (κ1) is 16.9. The van der Waals surface area contributed by atoms with E-state index in [0.29, 0.717) is 11.3 Å². The van der Waals surface area contributed by atoms with Gasteiger partial charge in [0.15, 0.2) is 0 Å². The van der Waals surface area contributed by atoms with Gasteiger partial charge in [0, 0.05) is 17.7 Å². The van der Waals surface area contributed by atoms with Gasteiger partial charge in [0.25, 0.3) is 0 Å². The van der Waals surface area contributed by atoms with E-state index in [1.165, 1.54) is 0 Å². The Labute approximate surface area is 135 Å². The van der Waals surface area contributed by atoms with Gasteiger partial charge in [-0.1, -0.05) is 11.6 Å². The van der Waals surface area contributed by atoms with E-state index in [1.807, 2.05) is 13.0 Å². The van der Waals surface area contributed by atoms with Crippen molar-refractivity contribution in [3.63, 3.8) is 0 Å². The summed E-state index contributed by atoms with van der Waals surface area (Å²) in [6.45, 7) is 5.74. The second kappa shape index (κ2) is 7.17. The Morgan fingerprint density at radius 2 is 1.96 bits per heavy atom. The molecule has 1 aliphatic heterocycles. The van der Waals surface area contributed by atoms with Gasteiger partial charge in [0.05, 0.1) is 13.2 Å². The highest BCUT2D eigenvalue weighted by Crippen LogP contribution is 2.33. The monoisotopic (exact) mass is 319 g/mol. The summed E-state index contributed by atoms with van der Waals surface area (Å²) >= 11 is 0. The van der Waals surface area contributed by atoms with E-state index in [4.69, 9.17) is 9.47 Å². The molecule has 0 unspecified atom stereocenters. The summed E-state index contributed by atoms with van der Waals surface area (Å²) in [5, 5.41) is 13.4. The van der Waals surface area contributed by atoms with Crippen LogP contribution in [0.1, 0.15) is 31.4 Å². The van der Waals surface area contributed by atoms with Crippen LogP contribution in [-0.2, 0) is 19.1 Å². The van der Waals surface area contributed by atoms with Gasteiger partial charge >= 0.3 is 11.9 Å². The van der Waals surface area contributed by atoms with E-state index in [0.717, 1.165) is 5.56 Å². The maximum Gasteiger partial charge on any atom is 0.342 e. The topological polar surface area (TPSA) is 84.9 Å². The number of hydrogen-bond donors (Lipinski definition) is 2. The van der Waals surface area contributed by atoms with Gasteiger partial charge in [0.1, 0.15) is 17.4 Å². The Hall–Kier alpha value is -2.50. The third-order valence-electron chi connectivity index (χ3n) is 3.51. The summed E-state index contributed by atoms with van der Waals surface area (Å²) in [7, 11) is 0. The summed E-state index contributed by atoms with van der Waals surface area (Å²) < 4.78 is 10.1. The molecule has 0 radical (unpaired) electrons. The molecule has 0 aromatic heterocycles. The molecule has 124 valence electrons. The van der Waals surface area contributed by atoms with Gasteiger partial charge < -0.3 is 19.9 Å². The zero-order chi connectivity index (χ0) is 17.0. The number of hydrogen-bond acceptors (Lipinski definition) is 6. The van der Waals surface area contributed by atoms with E-state index in [2.05, 4.69) is 5.32 Å². The van der Waals surface area contributed by atoms with Crippen LogP contribution in [0.25, 0.3) is 5.57 Å². The standard InChI is InChI=1S/C17H21NO5/c1-4-22-16(20)13-9-14(19)15(17(21)23-5-2)11-8-10(3)6-7-12(11)18-13/h6-8,13,18-19H,4-5,9H2,1-3H3/t13-/m1/s1. The summed E-state index contributed by atoms with van der Waals surface area (Å²) in [6.07, 6.45) is -0.0410. The second-order valence-electron chi connectivity index (χ2n) is 5.24. The Morgan fingerprint density at radius 1 is 1.26 bits per heavy atom. The molecule has 0 saturated heterocycles. The minimum atomic E-state index is -0.761. The lowest BCUT2D eigenvalue weighted by Crippen LogP contribution is -2.31. The van der Waals surface area contributed by atoms with Crippen LogP contribution in [0, 0.1) is 6.92 Å². The Morgan fingerprint density at radius 3 is 2.61 bits per heavy atom. The number of ether oxygens (including phenoxy) is 2. The summed E-state index contributed by atoms with van der Waals surface area (Å²) in [5.74, 6) is -1.27. The Bertz CT molecular complexity index is 650. The predicted molar refractivity (Wildman–Crippen MR) is 86.0 cm³/mol. The molecule has 0 bridgehead atoms. The van der Waals surface area contributed by atoms with Crippen LogP contribution in [0.15, 0.2) is 24.0 Å². The number of nitrogens with one attached hydrogen (secondary N) is 1. The van der Waals surface area contributed by atoms with E-state index in [1.54, 1.807) is 26.0 Å². The van der Waals surface area contributed by atoms with Crippen molar-refractivity contribution in [3.05, 3.63) is 35.1 Å². The van der Waals surface area contributed by atoms with Crippen LogP contribution in [0.4, 0.5) is 5.69 Å². The van der Waals surface area contributed by atoms with Crippen molar-refractivity contribution in [2.75, 3.05) is 18.5 Å². The molecule has 1 aromatic carbocycles. The lowest BCUT2D eigenvalue weighted by Gasteiger charge is -2.17. The molecule has 0 saturated carbocycles. The van der Waals surface area contributed by atoms with Gasteiger partial charge in [-0.15, -0.1) is 0 Å². The van der Waals surface area contributed by atoms with Crippen LogP contribution in [0.2, 0.25) is 0 Å². The van der Waals surface area contributed by atoms with Crippen molar-refractivity contribution in [2.45, 2.75) is 33.2 Å². The minimum Gasteiger partial charge on any atom is -0.511 e. The average molecular weight is 319 g/mol. The Kier molecular flexibility index (Phi) is 5.26. The fourth-order valence-electron chi connectivity index (χ4n) is 2.50. The fraction of sp³-hybridized carbons (Fsp3) is 0.412. The van der Waals surface area contributed by atoms with E-state index in [9.17, 15) is 14.7 Å². The molecule has 6 heteroatoms. The highest BCUT2D eigenvalue weighted by Gasteiger charge is 2.31. The number of carbonyl (C=O) groups is 2. The normalized spacial score (nSPS) is 16.9. The van der Waals surface area contributed by atoms with Crippen molar-refractivity contribution in [2.24, 2.45) is 0 Å². The SMILES string of the molecule is CCOC(=O)C1=C(O)C[C@H](C(=O)OCC)Nc2ccc(C)cc21. The van der Waals surface area contributed by atoms with Crippen LogP contribution in [-0.4, -0.2) is 36.3 Å². The molecule has 1 atom stereocenters. The zero-order valence-electron chi connectivity index (χ0n) is 13.5. The zero-order valence-corrected chi connectivity index (χ0v) is 13.5. The smallest absolute Gasteiger partial charge is 0.342 e. The maximum absolute atomic E-state index is 12.3. The average Bonchev–Trinajstić information content (AvgIpc) is 2.63. The van der Waals surface area contributed by atoms with Gasteiger partial charge in [-0.2, -0.15) is 0 Å². The molecule has 0 amide bonds. The quantitative estimate of drug-likeness (QED) is 0.830. The molecule has 0 fully saturated rings. The Balaban J connectivity index is 2.51. The number of anilines is 1. The summed E-state index contributed by atoms with van der Waals surface area (Å²) in [5.41, 5.74) is 2.12. The number of esters is 2. The predicted octanol–water partition coefficient (Wildman–Crippen LogP) is 2.57. The highest BCUT2D eigenvalue weighted by molar-refractivity contribution is 6.19. The molecular formula is C17H21NO5. The number of benzene rings is 1. The van der Waals surface area contributed by atoms with Crippen LogP contribution in [0.5, 0.6) is 0 Å². The lowest BCUT2D eigenvalue weighted by molar-refractivity contribution is -0.144. The molecule has 0 spiro atoms. The van der Waals surface area contributed by atoms with Crippen molar-refractivity contribution >= 4 is 23.2 Å². The molecule has 2 N–H and O–H groups in total. The first-order valence-corrected chi connectivity index (χ1v) is 7.61. The van der Waals surface area contributed by atoms with Crippen molar-refractivity contribution in [1.82, 2.24) is 0 Å². The van der Waals surface area contributed by atoms with Gasteiger partial charge in [0.2, 0.25) is 0 Å². The molecule has 6 nitrogen and oxygen atoms in total. The number of carbonyl (C=O) groups excluding carboxylic acids is 2. The van der Waals surface area contributed by atoms with Crippen molar-refractivity contribution in [3.8, 4) is 0 Å². The maximum atomic E-state index is 12.3. The largest absolute Gasteiger partial charge is 0.511 e. The van der Waals surface area contributed by atoms with E-state index >= 15 is 0 Å². The van der Waals surface area contributed by atoms with Crippen molar-refractivity contribution in [1.29, 1.82) is 0 Å². The molecule has 0 aliphatic carbocycles. The first-order valence-electron chi connectivity index (χ1n) is 7.61.